The predicted octanol–water partition coefficient (Wildman–Crippen LogP) is 4.64. The fourth-order valence-corrected chi connectivity index (χ4v) is 2.74. The van der Waals surface area contributed by atoms with Crippen LogP contribution >= 0.6 is 11.6 Å². The van der Waals surface area contributed by atoms with Gasteiger partial charge in [0.05, 0.1) is 29.8 Å². The second-order valence-electron chi connectivity index (χ2n) is 5.53. The molecule has 1 heterocycles. The molecule has 0 saturated heterocycles. The minimum absolute atomic E-state index is 0.0716. The van der Waals surface area contributed by atoms with Crippen LogP contribution in [0.5, 0.6) is 5.75 Å². The number of furan rings is 1. The summed E-state index contributed by atoms with van der Waals surface area (Å²) in [6.07, 6.45) is 1.54. The van der Waals surface area contributed by atoms with E-state index < -0.39 is 4.92 Å². The third kappa shape index (κ3) is 4.45. The zero-order valence-corrected chi connectivity index (χ0v) is 15.1. The number of nitro benzene ring substituents is 1. The van der Waals surface area contributed by atoms with Gasteiger partial charge in [0.1, 0.15) is 17.3 Å². The van der Waals surface area contributed by atoms with E-state index in [0.717, 1.165) is 11.3 Å². The average Bonchev–Trinajstić information content (AvgIpc) is 3.14. The highest BCUT2D eigenvalue weighted by atomic mass is 35.5. The Morgan fingerprint density at radius 2 is 2.07 bits per heavy atom. The largest absolute Gasteiger partial charge is 0.496 e. The smallest absolute Gasteiger partial charge is 0.270 e. The van der Waals surface area contributed by atoms with Gasteiger partial charge in [-0.05, 0) is 24.3 Å². The van der Waals surface area contributed by atoms with Crippen LogP contribution in [0.15, 0.2) is 64.1 Å². The van der Waals surface area contributed by atoms with Gasteiger partial charge in [0, 0.05) is 23.3 Å². The van der Waals surface area contributed by atoms with Gasteiger partial charge < -0.3 is 14.6 Å². The third-order valence-corrected chi connectivity index (χ3v) is 4.11. The molecule has 0 spiro atoms. The Labute approximate surface area is 160 Å². The van der Waals surface area contributed by atoms with Crippen molar-refractivity contribution in [1.29, 1.82) is 0 Å². The number of methoxy groups -OCH3 is 1. The molecule has 8 heteroatoms. The first-order chi connectivity index (χ1) is 13.1. The van der Waals surface area contributed by atoms with E-state index in [0.29, 0.717) is 23.6 Å². The van der Waals surface area contributed by atoms with E-state index in [2.05, 4.69) is 10.5 Å². The second kappa shape index (κ2) is 8.37. The predicted molar refractivity (Wildman–Crippen MR) is 103 cm³/mol. The van der Waals surface area contributed by atoms with Crippen LogP contribution in [0, 0.1) is 10.1 Å². The molecule has 0 bridgehead atoms. The van der Waals surface area contributed by atoms with Gasteiger partial charge in [-0.15, -0.1) is 0 Å². The van der Waals surface area contributed by atoms with Crippen LogP contribution in [0.4, 0.5) is 5.69 Å². The molecular weight excluding hydrogens is 370 g/mol. The SMILES string of the molecule is COc1ccccc1CN/N=C\c1ccc(-c2ccc([N+](=O)[O-])cc2Cl)o1. The van der Waals surface area contributed by atoms with Gasteiger partial charge in [-0.2, -0.15) is 5.10 Å². The van der Waals surface area contributed by atoms with Crippen molar-refractivity contribution in [2.75, 3.05) is 7.11 Å². The highest BCUT2D eigenvalue weighted by molar-refractivity contribution is 6.33. The van der Waals surface area contributed by atoms with Crippen LogP contribution in [0.2, 0.25) is 5.02 Å². The molecule has 2 aromatic carbocycles. The maximum Gasteiger partial charge on any atom is 0.270 e. The molecule has 0 fully saturated rings. The monoisotopic (exact) mass is 385 g/mol. The van der Waals surface area contributed by atoms with Gasteiger partial charge in [-0.3, -0.25) is 10.1 Å². The van der Waals surface area contributed by atoms with Gasteiger partial charge in [0.2, 0.25) is 0 Å². The van der Waals surface area contributed by atoms with Crippen LogP contribution in [-0.2, 0) is 6.54 Å². The number of ether oxygens (including phenoxy) is 1. The normalized spacial score (nSPS) is 10.9. The minimum atomic E-state index is -0.497. The van der Waals surface area contributed by atoms with E-state index in [1.54, 1.807) is 25.3 Å². The van der Waals surface area contributed by atoms with Gasteiger partial charge in [0.25, 0.3) is 5.69 Å². The number of para-hydroxylation sites is 1. The summed E-state index contributed by atoms with van der Waals surface area (Å²) in [6.45, 7) is 0.502. The third-order valence-electron chi connectivity index (χ3n) is 3.80. The quantitative estimate of drug-likeness (QED) is 0.363. The average molecular weight is 386 g/mol. The van der Waals surface area contributed by atoms with Gasteiger partial charge >= 0.3 is 0 Å². The lowest BCUT2D eigenvalue weighted by atomic mass is 10.1. The lowest BCUT2D eigenvalue weighted by Crippen LogP contribution is -2.06. The Morgan fingerprint density at radius 3 is 2.81 bits per heavy atom. The highest BCUT2D eigenvalue weighted by Crippen LogP contribution is 2.32. The number of rotatable bonds is 7. The van der Waals surface area contributed by atoms with E-state index in [4.69, 9.17) is 20.8 Å². The summed E-state index contributed by atoms with van der Waals surface area (Å²) in [6, 6.07) is 15.4. The van der Waals surface area contributed by atoms with E-state index in [1.807, 2.05) is 24.3 Å². The first kappa shape index (κ1) is 18.5. The molecule has 0 radical (unpaired) electrons. The molecule has 3 aromatic rings. The number of hydrazone groups is 1. The zero-order chi connectivity index (χ0) is 19.2. The fraction of sp³-hybridized carbons (Fsp3) is 0.105. The first-order valence-corrected chi connectivity index (χ1v) is 8.38. The molecular formula is C19H16ClN3O4. The van der Waals surface area contributed by atoms with E-state index in [-0.39, 0.29) is 10.7 Å². The van der Waals surface area contributed by atoms with E-state index in [1.165, 1.54) is 18.3 Å². The topological polar surface area (TPSA) is 89.9 Å². The number of hydrogen-bond donors (Lipinski definition) is 1. The molecule has 0 atom stereocenters. The molecule has 0 aliphatic rings. The highest BCUT2D eigenvalue weighted by Gasteiger charge is 2.13. The molecule has 1 N–H and O–H groups in total. The number of benzene rings is 2. The van der Waals surface area contributed by atoms with Crippen molar-refractivity contribution in [3.05, 3.63) is 81.1 Å². The standard InChI is InChI=1S/C19H16ClN3O4/c1-26-18-5-3-2-4-13(18)11-21-22-12-15-7-9-19(27-15)16-8-6-14(23(24)25)10-17(16)20/h2-10,12,21H,11H2,1H3/b22-12-. The summed E-state index contributed by atoms with van der Waals surface area (Å²) in [5.41, 5.74) is 4.42. The van der Waals surface area contributed by atoms with E-state index in [9.17, 15) is 10.1 Å². The molecule has 0 aliphatic carbocycles. The number of non-ortho nitro benzene ring substituents is 1. The second-order valence-corrected chi connectivity index (χ2v) is 5.94. The minimum Gasteiger partial charge on any atom is -0.496 e. The van der Waals surface area contributed by atoms with Crippen molar-refractivity contribution in [2.45, 2.75) is 6.54 Å². The summed E-state index contributed by atoms with van der Waals surface area (Å²) >= 11 is 6.12. The van der Waals surface area contributed by atoms with Crippen molar-refractivity contribution in [3.63, 3.8) is 0 Å². The lowest BCUT2D eigenvalue weighted by Gasteiger charge is -2.06. The molecule has 27 heavy (non-hydrogen) atoms. The first-order valence-electron chi connectivity index (χ1n) is 8.00. The Kier molecular flexibility index (Phi) is 5.73. The summed E-state index contributed by atoms with van der Waals surface area (Å²) in [7, 11) is 1.62. The Bertz CT molecular complexity index is 985. The maximum atomic E-state index is 10.8. The number of hydrogen-bond acceptors (Lipinski definition) is 6. The Balaban J connectivity index is 1.66. The summed E-state index contributed by atoms with van der Waals surface area (Å²) in [4.78, 5) is 10.3. The molecule has 0 aliphatic heterocycles. The van der Waals surface area contributed by atoms with Crippen LogP contribution < -0.4 is 10.2 Å². The summed E-state index contributed by atoms with van der Waals surface area (Å²) < 4.78 is 11.0. The number of nitrogens with zero attached hydrogens (tertiary/aromatic N) is 2. The number of nitro groups is 1. The van der Waals surface area contributed by atoms with Crippen molar-refractivity contribution in [2.24, 2.45) is 5.10 Å². The van der Waals surface area contributed by atoms with Crippen molar-refractivity contribution >= 4 is 23.5 Å². The van der Waals surface area contributed by atoms with Crippen molar-refractivity contribution < 1.29 is 14.1 Å². The van der Waals surface area contributed by atoms with Gasteiger partial charge in [0.15, 0.2) is 0 Å². The Hall–Kier alpha value is -3.32. The molecule has 3 rings (SSSR count). The van der Waals surface area contributed by atoms with Crippen molar-refractivity contribution in [1.82, 2.24) is 5.43 Å². The summed E-state index contributed by atoms with van der Waals surface area (Å²) in [5, 5.41) is 15.2. The number of halogens is 1. The maximum absolute atomic E-state index is 10.8. The lowest BCUT2D eigenvalue weighted by molar-refractivity contribution is -0.384. The Morgan fingerprint density at radius 1 is 1.26 bits per heavy atom. The molecule has 0 unspecified atom stereocenters. The van der Waals surface area contributed by atoms with Gasteiger partial charge in [-0.25, -0.2) is 0 Å². The van der Waals surface area contributed by atoms with E-state index >= 15 is 0 Å². The zero-order valence-electron chi connectivity index (χ0n) is 14.4. The van der Waals surface area contributed by atoms with Gasteiger partial charge in [-0.1, -0.05) is 29.8 Å². The molecule has 7 nitrogen and oxygen atoms in total. The molecule has 138 valence electrons. The van der Waals surface area contributed by atoms with Crippen LogP contribution in [-0.4, -0.2) is 18.2 Å². The summed E-state index contributed by atoms with van der Waals surface area (Å²) in [5.74, 6) is 1.81. The van der Waals surface area contributed by atoms with Crippen molar-refractivity contribution in [3.8, 4) is 17.1 Å². The number of nitrogens with one attached hydrogen (secondary N) is 1. The molecule has 0 saturated carbocycles. The van der Waals surface area contributed by atoms with Crippen LogP contribution in [0.3, 0.4) is 0 Å². The molecule has 0 amide bonds. The van der Waals surface area contributed by atoms with Crippen LogP contribution in [0.1, 0.15) is 11.3 Å². The van der Waals surface area contributed by atoms with Crippen LogP contribution in [0.25, 0.3) is 11.3 Å². The molecule has 1 aromatic heterocycles. The fourth-order valence-electron chi connectivity index (χ4n) is 2.47.